The van der Waals surface area contributed by atoms with Crippen molar-refractivity contribution in [1.29, 1.82) is 0 Å². The molecule has 1 fully saturated rings. The molecule has 1 aliphatic rings. The highest BCUT2D eigenvalue weighted by Crippen LogP contribution is 2.28. The van der Waals surface area contributed by atoms with Crippen molar-refractivity contribution in [2.24, 2.45) is 5.92 Å². The van der Waals surface area contributed by atoms with E-state index in [1.807, 2.05) is 0 Å². The van der Waals surface area contributed by atoms with Crippen LogP contribution in [0, 0.1) is 16.0 Å². The van der Waals surface area contributed by atoms with Crippen LogP contribution in [0.4, 0.5) is 5.69 Å². The van der Waals surface area contributed by atoms with Gasteiger partial charge in [-0.15, -0.1) is 0 Å². The SMILES string of the molecule is CNC(=O)c1ccc([N+](=O)[O-])c(OCC2CCNC2)c1. The Morgan fingerprint density at radius 2 is 2.40 bits per heavy atom. The molecular formula is C13H17N3O4. The van der Waals surface area contributed by atoms with Crippen LogP contribution in [-0.4, -0.2) is 37.6 Å². The first-order chi connectivity index (χ1) is 9.61. The van der Waals surface area contributed by atoms with Gasteiger partial charge in [0.1, 0.15) is 0 Å². The standard InChI is InChI=1S/C13H17N3O4/c1-14-13(17)10-2-3-11(16(18)19)12(6-10)20-8-9-4-5-15-7-9/h2-3,6,9,15H,4-5,7-8H2,1H3,(H,14,17). The minimum absolute atomic E-state index is 0.122. The summed E-state index contributed by atoms with van der Waals surface area (Å²) in [5.74, 6) is 0.188. The van der Waals surface area contributed by atoms with E-state index in [-0.39, 0.29) is 17.3 Å². The molecule has 7 nitrogen and oxygen atoms in total. The summed E-state index contributed by atoms with van der Waals surface area (Å²) in [4.78, 5) is 22.0. The monoisotopic (exact) mass is 279 g/mol. The average molecular weight is 279 g/mol. The number of nitrogens with zero attached hydrogens (tertiary/aromatic N) is 1. The Bertz CT molecular complexity index is 512. The molecule has 7 heteroatoms. The van der Waals surface area contributed by atoms with Crippen molar-refractivity contribution in [1.82, 2.24) is 10.6 Å². The Morgan fingerprint density at radius 3 is 3.00 bits per heavy atom. The Hall–Kier alpha value is -2.15. The third-order valence-electron chi connectivity index (χ3n) is 3.28. The number of amides is 1. The van der Waals surface area contributed by atoms with Crippen LogP contribution in [0.2, 0.25) is 0 Å². The summed E-state index contributed by atoms with van der Waals surface area (Å²) in [5.41, 5.74) is 0.223. The zero-order chi connectivity index (χ0) is 14.5. The highest BCUT2D eigenvalue weighted by molar-refractivity contribution is 5.94. The number of nitro benzene ring substituents is 1. The highest BCUT2D eigenvalue weighted by Gasteiger charge is 2.20. The van der Waals surface area contributed by atoms with E-state index in [1.165, 1.54) is 25.2 Å². The average Bonchev–Trinajstić information content (AvgIpc) is 2.97. The number of nitrogens with one attached hydrogen (secondary N) is 2. The Labute approximate surface area is 116 Å². The maximum atomic E-state index is 11.6. The van der Waals surface area contributed by atoms with Crippen molar-refractivity contribution in [3.63, 3.8) is 0 Å². The van der Waals surface area contributed by atoms with Gasteiger partial charge < -0.3 is 15.4 Å². The van der Waals surface area contributed by atoms with Gasteiger partial charge in [-0.2, -0.15) is 0 Å². The van der Waals surface area contributed by atoms with Crippen molar-refractivity contribution < 1.29 is 14.5 Å². The molecule has 2 rings (SSSR count). The largest absolute Gasteiger partial charge is 0.486 e. The Morgan fingerprint density at radius 1 is 1.60 bits per heavy atom. The van der Waals surface area contributed by atoms with E-state index < -0.39 is 4.92 Å². The topological polar surface area (TPSA) is 93.5 Å². The molecule has 0 aromatic heterocycles. The summed E-state index contributed by atoms with van der Waals surface area (Å²) in [6.45, 7) is 2.20. The first-order valence-electron chi connectivity index (χ1n) is 6.46. The van der Waals surface area contributed by atoms with Gasteiger partial charge >= 0.3 is 5.69 Å². The van der Waals surface area contributed by atoms with Crippen LogP contribution in [-0.2, 0) is 0 Å². The molecule has 0 radical (unpaired) electrons. The zero-order valence-corrected chi connectivity index (χ0v) is 11.2. The van der Waals surface area contributed by atoms with E-state index in [4.69, 9.17) is 4.74 Å². The normalized spacial score (nSPS) is 17.8. The summed E-state index contributed by atoms with van der Waals surface area (Å²) < 4.78 is 5.56. The maximum absolute atomic E-state index is 11.6. The van der Waals surface area contributed by atoms with E-state index in [0.717, 1.165) is 19.5 Å². The molecule has 1 aliphatic heterocycles. The van der Waals surface area contributed by atoms with Crippen molar-refractivity contribution in [3.8, 4) is 5.75 Å². The van der Waals surface area contributed by atoms with Crippen LogP contribution in [0.1, 0.15) is 16.8 Å². The van der Waals surface area contributed by atoms with Gasteiger partial charge in [-0.3, -0.25) is 14.9 Å². The van der Waals surface area contributed by atoms with E-state index in [9.17, 15) is 14.9 Å². The molecule has 1 atom stereocenters. The number of benzene rings is 1. The van der Waals surface area contributed by atoms with Gasteiger partial charge in [0.15, 0.2) is 5.75 Å². The number of rotatable bonds is 5. The summed E-state index contributed by atoms with van der Waals surface area (Å²) in [6.07, 6.45) is 0.989. The molecule has 1 aromatic carbocycles. The van der Waals surface area contributed by atoms with E-state index in [0.29, 0.717) is 18.1 Å². The number of nitro groups is 1. The lowest BCUT2D eigenvalue weighted by Crippen LogP contribution is -2.19. The zero-order valence-electron chi connectivity index (χ0n) is 11.2. The molecule has 0 saturated carbocycles. The van der Waals surface area contributed by atoms with Gasteiger partial charge in [0, 0.05) is 37.2 Å². The fourth-order valence-electron chi connectivity index (χ4n) is 2.13. The molecule has 2 N–H and O–H groups in total. The third kappa shape index (κ3) is 3.24. The van der Waals surface area contributed by atoms with Gasteiger partial charge in [0.25, 0.3) is 5.91 Å². The van der Waals surface area contributed by atoms with Crippen LogP contribution >= 0.6 is 0 Å². The first kappa shape index (κ1) is 14.3. The van der Waals surface area contributed by atoms with Crippen molar-refractivity contribution >= 4 is 11.6 Å². The molecule has 20 heavy (non-hydrogen) atoms. The highest BCUT2D eigenvalue weighted by atomic mass is 16.6. The second kappa shape index (κ2) is 6.33. The molecule has 1 heterocycles. The molecule has 0 spiro atoms. The van der Waals surface area contributed by atoms with Gasteiger partial charge in [0.05, 0.1) is 11.5 Å². The fraction of sp³-hybridized carbons (Fsp3) is 0.462. The van der Waals surface area contributed by atoms with E-state index >= 15 is 0 Å². The quantitative estimate of drug-likeness (QED) is 0.618. The second-order valence-corrected chi connectivity index (χ2v) is 4.69. The lowest BCUT2D eigenvalue weighted by Gasteiger charge is -2.11. The lowest BCUT2D eigenvalue weighted by molar-refractivity contribution is -0.385. The minimum atomic E-state index is -0.504. The van der Waals surface area contributed by atoms with Crippen LogP contribution in [0.5, 0.6) is 5.75 Å². The molecule has 1 aromatic rings. The van der Waals surface area contributed by atoms with Crippen LogP contribution in [0.15, 0.2) is 18.2 Å². The maximum Gasteiger partial charge on any atom is 0.310 e. The summed E-state index contributed by atoms with van der Waals surface area (Å²) in [6, 6.07) is 4.13. The summed E-state index contributed by atoms with van der Waals surface area (Å²) in [5, 5.41) is 16.7. The van der Waals surface area contributed by atoms with Gasteiger partial charge in [-0.1, -0.05) is 0 Å². The molecule has 0 aliphatic carbocycles. The summed E-state index contributed by atoms with van der Waals surface area (Å²) in [7, 11) is 1.51. The Kier molecular flexibility index (Phi) is 4.52. The van der Waals surface area contributed by atoms with Crippen LogP contribution in [0.3, 0.4) is 0 Å². The van der Waals surface area contributed by atoms with Gasteiger partial charge in [-0.05, 0) is 19.0 Å². The molecule has 1 unspecified atom stereocenters. The predicted octanol–water partition coefficient (Wildman–Crippen LogP) is 0.943. The van der Waals surface area contributed by atoms with Crippen LogP contribution < -0.4 is 15.4 Å². The predicted molar refractivity (Wildman–Crippen MR) is 73.0 cm³/mol. The first-order valence-corrected chi connectivity index (χ1v) is 6.46. The second-order valence-electron chi connectivity index (χ2n) is 4.69. The molecule has 1 saturated heterocycles. The van der Waals surface area contributed by atoms with Crippen molar-refractivity contribution in [2.75, 3.05) is 26.7 Å². The number of carbonyl (C=O) groups excluding carboxylic acids is 1. The molecule has 1 amide bonds. The van der Waals surface area contributed by atoms with E-state index in [2.05, 4.69) is 10.6 Å². The third-order valence-corrected chi connectivity index (χ3v) is 3.28. The smallest absolute Gasteiger partial charge is 0.310 e. The number of ether oxygens (including phenoxy) is 1. The van der Waals surface area contributed by atoms with Crippen molar-refractivity contribution in [2.45, 2.75) is 6.42 Å². The van der Waals surface area contributed by atoms with E-state index in [1.54, 1.807) is 0 Å². The molecular weight excluding hydrogens is 262 g/mol. The van der Waals surface area contributed by atoms with Crippen LogP contribution in [0.25, 0.3) is 0 Å². The number of hydrogen-bond donors (Lipinski definition) is 2. The molecule has 0 bridgehead atoms. The Balaban J connectivity index is 2.17. The minimum Gasteiger partial charge on any atom is -0.486 e. The van der Waals surface area contributed by atoms with Gasteiger partial charge in [-0.25, -0.2) is 0 Å². The van der Waals surface area contributed by atoms with Crippen molar-refractivity contribution in [3.05, 3.63) is 33.9 Å². The number of carbonyl (C=O) groups is 1. The fourth-order valence-corrected chi connectivity index (χ4v) is 2.13. The number of hydrogen-bond acceptors (Lipinski definition) is 5. The molecule has 108 valence electrons. The van der Waals surface area contributed by atoms with Gasteiger partial charge in [0.2, 0.25) is 0 Å². The summed E-state index contributed by atoms with van der Waals surface area (Å²) >= 11 is 0. The lowest BCUT2D eigenvalue weighted by atomic mass is 10.1.